The summed E-state index contributed by atoms with van der Waals surface area (Å²) in [5.74, 6) is 0. The van der Waals surface area contributed by atoms with Crippen molar-refractivity contribution in [2.75, 3.05) is 0 Å². The molecule has 0 heteroatoms. The molecule has 0 aromatic rings. The minimum Gasteiger partial charge on any atom is -0.120 e. The van der Waals surface area contributed by atoms with Gasteiger partial charge in [-0.1, -0.05) is 51.7 Å². The molecule has 0 atom stereocenters. The van der Waals surface area contributed by atoms with E-state index in [1.165, 1.54) is 0 Å². The summed E-state index contributed by atoms with van der Waals surface area (Å²) in [7, 11) is 0. The van der Waals surface area contributed by atoms with Crippen LogP contribution in [-0.4, -0.2) is 0 Å². The van der Waals surface area contributed by atoms with Gasteiger partial charge in [-0.2, -0.15) is 0 Å². The van der Waals surface area contributed by atoms with E-state index in [1.54, 1.807) is 0 Å². The Bertz CT molecular complexity index is 439. The lowest BCUT2D eigenvalue weighted by atomic mass is 9.80. The lowest BCUT2D eigenvalue weighted by Gasteiger charge is -2.24. The minimum absolute atomic E-state index is 0.0619. The number of rotatable bonds is 2. The van der Waals surface area contributed by atoms with Crippen LogP contribution < -0.4 is 0 Å². The van der Waals surface area contributed by atoms with Crippen LogP contribution in [0.3, 0.4) is 0 Å². The summed E-state index contributed by atoms with van der Waals surface area (Å²) >= 11 is 0. The van der Waals surface area contributed by atoms with Gasteiger partial charge < -0.3 is 0 Å². The van der Waals surface area contributed by atoms with Gasteiger partial charge in [0.25, 0.3) is 0 Å². The summed E-state index contributed by atoms with van der Waals surface area (Å²) < 4.78 is 0. The molecule has 0 unspecified atom stereocenters. The van der Waals surface area contributed by atoms with Gasteiger partial charge in [0.2, 0.25) is 0 Å². The highest BCUT2D eigenvalue weighted by Crippen LogP contribution is 2.34. The molecule has 0 saturated heterocycles. The van der Waals surface area contributed by atoms with Crippen LogP contribution in [0.4, 0.5) is 0 Å². The minimum atomic E-state index is 0.0619. The molecule has 0 aromatic carbocycles. The Morgan fingerprint density at radius 1 is 1.19 bits per heavy atom. The molecule has 1 aliphatic rings. The largest absolute Gasteiger partial charge is 0.120 e. The van der Waals surface area contributed by atoms with Crippen LogP contribution in [0, 0.1) is 5.41 Å². The maximum atomic E-state index is 4.21. The molecule has 0 spiro atoms. The molecule has 0 saturated carbocycles. The van der Waals surface area contributed by atoms with Crippen LogP contribution in [0.15, 0.2) is 65.5 Å². The molecular weight excluding hydrogens is 192 g/mol. The van der Waals surface area contributed by atoms with Gasteiger partial charge in [0, 0.05) is 0 Å². The molecule has 0 radical (unpaired) electrons. The Balaban J connectivity index is 3.34. The van der Waals surface area contributed by atoms with Crippen molar-refractivity contribution in [1.82, 2.24) is 0 Å². The van der Waals surface area contributed by atoms with Crippen LogP contribution >= 0.6 is 0 Å². The van der Waals surface area contributed by atoms with Gasteiger partial charge in [0.1, 0.15) is 0 Å². The van der Waals surface area contributed by atoms with Crippen LogP contribution in [0.5, 0.6) is 0 Å². The molecule has 0 amide bonds. The first kappa shape index (κ1) is 12.5. The topological polar surface area (TPSA) is 0 Å². The smallest absolute Gasteiger partial charge is 0.00728 e. The van der Waals surface area contributed by atoms with Crippen LogP contribution in [0.2, 0.25) is 0 Å². The van der Waals surface area contributed by atoms with Crippen molar-refractivity contribution >= 4 is 0 Å². The quantitative estimate of drug-likeness (QED) is 0.580. The maximum absolute atomic E-state index is 4.21. The summed E-state index contributed by atoms with van der Waals surface area (Å²) in [5, 5.41) is 0. The van der Waals surface area contributed by atoms with E-state index >= 15 is 0 Å². The molecule has 84 valence electrons. The Morgan fingerprint density at radius 2 is 1.81 bits per heavy atom. The third-order valence-electron chi connectivity index (χ3n) is 2.66. The summed E-state index contributed by atoms with van der Waals surface area (Å²) in [6.45, 7) is 16.8. The SMILES string of the molecule is C=C(C)C1=C(C(=C)C(C)(C)C)C=C=CC=C1. The first-order valence-corrected chi connectivity index (χ1v) is 5.53. The fraction of sp³-hybridized carbons (Fsp3) is 0.312. The summed E-state index contributed by atoms with van der Waals surface area (Å²) in [5.41, 5.74) is 7.68. The van der Waals surface area contributed by atoms with E-state index in [2.05, 4.69) is 45.7 Å². The standard InChI is InChI=1S/C16H20/c1-12(2)14-10-8-7-9-11-15(14)13(3)16(4,5)6/h7-8,10-11H,1,3H2,2,4-6H3. The second kappa shape index (κ2) is 4.55. The zero-order chi connectivity index (χ0) is 12.3. The number of hydrogen-bond acceptors (Lipinski definition) is 0. The first-order valence-electron chi connectivity index (χ1n) is 5.53. The number of hydrogen-bond donors (Lipinski definition) is 0. The van der Waals surface area contributed by atoms with Gasteiger partial charge in [-0.05, 0) is 41.2 Å². The fourth-order valence-corrected chi connectivity index (χ4v) is 1.52. The van der Waals surface area contributed by atoms with E-state index in [1.807, 2.05) is 25.2 Å². The van der Waals surface area contributed by atoms with E-state index in [0.29, 0.717) is 0 Å². The summed E-state index contributed by atoms with van der Waals surface area (Å²) in [6.07, 6.45) is 7.97. The van der Waals surface area contributed by atoms with Crippen molar-refractivity contribution in [2.45, 2.75) is 27.7 Å². The van der Waals surface area contributed by atoms with Crippen molar-refractivity contribution in [3.63, 3.8) is 0 Å². The lowest BCUT2D eigenvalue weighted by molar-refractivity contribution is 0.514. The van der Waals surface area contributed by atoms with Crippen molar-refractivity contribution in [3.8, 4) is 0 Å². The van der Waals surface area contributed by atoms with Gasteiger partial charge in [0.05, 0.1) is 0 Å². The average Bonchev–Trinajstić information content (AvgIpc) is 2.39. The third kappa shape index (κ3) is 2.74. The van der Waals surface area contributed by atoms with Gasteiger partial charge in [-0.15, -0.1) is 5.73 Å². The Hall–Kier alpha value is -1.52. The van der Waals surface area contributed by atoms with Crippen LogP contribution in [0.1, 0.15) is 27.7 Å². The highest BCUT2D eigenvalue weighted by atomic mass is 14.2. The number of allylic oxidation sites excluding steroid dienone is 7. The molecule has 1 rings (SSSR count). The first-order chi connectivity index (χ1) is 7.34. The predicted molar refractivity (Wildman–Crippen MR) is 72.2 cm³/mol. The fourth-order valence-electron chi connectivity index (χ4n) is 1.52. The third-order valence-corrected chi connectivity index (χ3v) is 2.66. The Morgan fingerprint density at radius 3 is 2.31 bits per heavy atom. The molecule has 16 heavy (non-hydrogen) atoms. The van der Waals surface area contributed by atoms with E-state index in [0.717, 1.165) is 22.3 Å². The molecule has 1 aliphatic carbocycles. The predicted octanol–water partition coefficient (Wildman–Crippen LogP) is 4.74. The molecule has 0 aliphatic heterocycles. The molecule has 0 bridgehead atoms. The van der Waals surface area contributed by atoms with Gasteiger partial charge >= 0.3 is 0 Å². The zero-order valence-electron chi connectivity index (χ0n) is 10.7. The van der Waals surface area contributed by atoms with Crippen LogP contribution in [0.25, 0.3) is 0 Å². The van der Waals surface area contributed by atoms with Crippen molar-refractivity contribution < 1.29 is 0 Å². The maximum Gasteiger partial charge on any atom is -0.00728 e. The Kier molecular flexibility index (Phi) is 3.57. The van der Waals surface area contributed by atoms with Crippen molar-refractivity contribution in [2.24, 2.45) is 5.41 Å². The summed E-state index contributed by atoms with van der Waals surface area (Å²) in [6, 6.07) is 0. The van der Waals surface area contributed by atoms with Gasteiger partial charge in [0.15, 0.2) is 0 Å². The van der Waals surface area contributed by atoms with Crippen molar-refractivity contribution in [3.05, 3.63) is 65.5 Å². The summed E-state index contributed by atoms with van der Waals surface area (Å²) in [4.78, 5) is 0. The van der Waals surface area contributed by atoms with E-state index < -0.39 is 0 Å². The zero-order valence-corrected chi connectivity index (χ0v) is 10.7. The van der Waals surface area contributed by atoms with Gasteiger partial charge in [-0.25, -0.2) is 0 Å². The van der Waals surface area contributed by atoms with Gasteiger partial charge in [-0.3, -0.25) is 0 Å². The average molecular weight is 212 g/mol. The second-order valence-corrected chi connectivity index (χ2v) is 5.17. The molecule has 0 N–H and O–H groups in total. The normalized spacial score (nSPS) is 15.2. The second-order valence-electron chi connectivity index (χ2n) is 5.17. The highest BCUT2D eigenvalue weighted by molar-refractivity contribution is 5.56. The van der Waals surface area contributed by atoms with E-state index in [4.69, 9.17) is 0 Å². The molecule has 0 nitrogen and oxygen atoms in total. The van der Waals surface area contributed by atoms with Crippen LogP contribution in [-0.2, 0) is 0 Å². The highest BCUT2D eigenvalue weighted by Gasteiger charge is 2.19. The molecule has 0 aromatic heterocycles. The molecule has 0 fully saturated rings. The van der Waals surface area contributed by atoms with E-state index in [-0.39, 0.29) is 5.41 Å². The molecule has 0 heterocycles. The monoisotopic (exact) mass is 212 g/mol. The van der Waals surface area contributed by atoms with Crippen molar-refractivity contribution in [1.29, 1.82) is 0 Å². The lowest BCUT2D eigenvalue weighted by Crippen LogP contribution is -2.11. The van der Waals surface area contributed by atoms with E-state index in [9.17, 15) is 0 Å². The Labute approximate surface area is 99.1 Å². The molecular formula is C16H20.